The Morgan fingerprint density at radius 3 is 2.80 bits per heavy atom. The molecule has 1 aromatic rings. The summed E-state index contributed by atoms with van der Waals surface area (Å²) in [5.74, 6) is 1.57. The van der Waals surface area contributed by atoms with Crippen LogP contribution in [0.3, 0.4) is 0 Å². The zero-order valence-electron chi connectivity index (χ0n) is 11.3. The average molecular weight is 277 g/mol. The van der Waals surface area contributed by atoms with Crippen LogP contribution in [0.5, 0.6) is 11.5 Å². The highest BCUT2D eigenvalue weighted by Crippen LogP contribution is 2.32. The highest BCUT2D eigenvalue weighted by Gasteiger charge is 2.29. The Morgan fingerprint density at radius 1 is 1.30 bits per heavy atom. The fraction of sp³-hybridized carbons (Fsp3) is 0.533. The van der Waals surface area contributed by atoms with Crippen LogP contribution in [0.1, 0.15) is 30.9 Å². The van der Waals surface area contributed by atoms with Gasteiger partial charge >= 0.3 is 0 Å². The summed E-state index contributed by atoms with van der Waals surface area (Å²) in [6.07, 6.45) is 2.05. The van der Waals surface area contributed by atoms with Gasteiger partial charge in [-0.2, -0.15) is 0 Å². The molecule has 1 fully saturated rings. The fourth-order valence-corrected chi connectivity index (χ4v) is 2.19. The number of hydrogen-bond acceptors (Lipinski definition) is 4. The lowest BCUT2D eigenvalue weighted by Crippen LogP contribution is -2.29. The molecule has 0 radical (unpaired) electrons. The molecule has 5 heteroatoms. The number of aliphatic hydroxyl groups excluding tert-OH is 1. The summed E-state index contributed by atoms with van der Waals surface area (Å²) in [6.45, 7) is 1.49. The van der Waals surface area contributed by atoms with Crippen LogP contribution in [-0.2, 0) is 4.79 Å². The summed E-state index contributed by atoms with van der Waals surface area (Å²) in [5, 5.41) is 12.9. The molecule has 1 saturated carbocycles. The van der Waals surface area contributed by atoms with Crippen molar-refractivity contribution in [2.45, 2.75) is 25.4 Å². The summed E-state index contributed by atoms with van der Waals surface area (Å²) in [5.41, 5.74) is 0.727. The molecule has 3 rings (SSSR count). The minimum absolute atomic E-state index is 0.0402. The van der Waals surface area contributed by atoms with Crippen LogP contribution in [0, 0.1) is 5.92 Å². The number of benzene rings is 1. The molecule has 1 atom stereocenters. The third kappa shape index (κ3) is 3.04. The van der Waals surface area contributed by atoms with Crippen molar-refractivity contribution in [3.63, 3.8) is 0 Å². The number of carbonyl (C=O) groups is 1. The third-order valence-corrected chi connectivity index (χ3v) is 3.57. The molecule has 1 aliphatic carbocycles. The van der Waals surface area contributed by atoms with Gasteiger partial charge in [0.2, 0.25) is 5.91 Å². The maximum atomic E-state index is 11.6. The van der Waals surface area contributed by atoms with Crippen LogP contribution in [0.15, 0.2) is 18.2 Å². The van der Waals surface area contributed by atoms with Crippen molar-refractivity contribution in [2.75, 3.05) is 19.8 Å². The van der Waals surface area contributed by atoms with E-state index in [0.29, 0.717) is 24.7 Å². The lowest BCUT2D eigenvalue weighted by atomic mass is 10.1. The molecule has 0 saturated heterocycles. The zero-order chi connectivity index (χ0) is 13.9. The highest BCUT2D eigenvalue weighted by molar-refractivity contribution is 5.80. The topological polar surface area (TPSA) is 67.8 Å². The van der Waals surface area contributed by atoms with Crippen molar-refractivity contribution >= 4 is 5.91 Å². The molecule has 20 heavy (non-hydrogen) atoms. The van der Waals surface area contributed by atoms with Crippen LogP contribution >= 0.6 is 0 Å². The molecule has 0 spiro atoms. The lowest BCUT2D eigenvalue weighted by Gasteiger charge is -2.14. The molecule has 0 aromatic heterocycles. The summed E-state index contributed by atoms with van der Waals surface area (Å²) in [6, 6.07) is 5.40. The second-order valence-electron chi connectivity index (χ2n) is 5.29. The van der Waals surface area contributed by atoms with E-state index >= 15 is 0 Å². The number of hydrogen-bond donors (Lipinski definition) is 2. The van der Waals surface area contributed by atoms with Gasteiger partial charge in [0.25, 0.3) is 0 Å². The third-order valence-electron chi connectivity index (χ3n) is 3.57. The van der Waals surface area contributed by atoms with Crippen molar-refractivity contribution in [1.29, 1.82) is 0 Å². The van der Waals surface area contributed by atoms with E-state index in [1.54, 1.807) is 6.07 Å². The van der Waals surface area contributed by atoms with Crippen molar-refractivity contribution < 1.29 is 19.4 Å². The number of rotatable bonds is 4. The van der Waals surface area contributed by atoms with Crippen molar-refractivity contribution in [1.82, 2.24) is 5.32 Å². The van der Waals surface area contributed by atoms with E-state index in [4.69, 9.17) is 9.47 Å². The Kier molecular flexibility index (Phi) is 3.78. The van der Waals surface area contributed by atoms with Gasteiger partial charge in [-0.15, -0.1) is 0 Å². The first kappa shape index (κ1) is 13.2. The summed E-state index contributed by atoms with van der Waals surface area (Å²) < 4.78 is 11.1. The molecule has 1 aromatic carbocycles. The Balaban J connectivity index is 1.63. The van der Waals surface area contributed by atoms with E-state index < -0.39 is 6.10 Å². The summed E-state index contributed by atoms with van der Waals surface area (Å²) in [4.78, 5) is 11.6. The number of ether oxygens (including phenoxy) is 2. The maximum Gasteiger partial charge on any atom is 0.223 e. The Labute approximate surface area is 117 Å². The van der Waals surface area contributed by atoms with Crippen LogP contribution in [0.25, 0.3) is 0 Å². The van der Waals surface area contributed by atoms with E-state index in [-0.39, 0.29) is 18.4 Å². The van der Waals surface area contributed by atoms with Crippen LogP contribution in [0.2, 0.25) is 0 Å². The van der Waals surface area contributed by atoms with Crippen LogP contribution in [-0.4, -0.2) is 30.8 Å². The summed E-state index contributed by atoms with van der Waals surface area (Å²) in [7, 11) is 0. The van der Waals surface area contributed by atoms with Gasteiger partial charge in [0.1, 0.15) is 0 Å². The molecular formula is C15H19NO4. The SMILES string of the molecule is O=C(NCC(O)c1ccc2c(c1)OCCCO2)C1CC1. The monoisotopic (exact) mass is 277 g/mol. The second-order valence-corrected chi connectivity index (χ2v) is 5.29. The molecule has 2 N–H and O–H groups in total. The molecular weight excluding hydrogens is 258 g/mol. The van der Waals surface area contributed by atoms with Crippen molar-refractivity contribution in [3.05, 3.63) is 23.8 Å². The van der Waals surface area contributed by atoms with Gasteiger partial charge in [0.05, 0.1) is 19.3 Å². The number of amides is 1. The minimum atomic E-state index is -0.727. The maximum absolute atomic E-state index is 11.6. The Morgan fingerprint density at radius 2 is 2.05 bits per heavy atom. The molecule has 2 aliphatic rings. The normalized spacial score (nSPS) is 19.1. The van der Waals surface area contributed by atoms with Gasteiger partial charge in [0, 0.05) is 18.9 Å². The number of carbonyl (C=O) groups excluding carboxylic acids is 1. The Bertz CT molecular complexity index is 499. The molecule has 5 nitrogen and oxygen atoms in total. The molecule has 0 bridgehead atoms. The highest BCUT2D eigenvalue weighted by atomic mass is 16.5. The van der Waals surface area contributed by atoms with E-state index in [1.165, 1.54) is 0 Å². The Hall–Kier alpha value is -1.75. The predicted octanol–water partition coefficient (Wildman–Crippen LogP) is 1.41. The number of nitrogens with one attached hydrogen (secondary N) is 1. The fourth-order valence-electron chi connectivity index (χ4n) is 2.19. The van der Waals surface area contributed by atoms with Crippen LogP contribution in [0.4, 0.5) is 0 Å². The predicted molar refractivity (Wildman–Crippen MR) is 72.7 cm³/mol. The number of fused-ring (bicyclic) bond motifs is 1. The quantitative estimate of drug-likeness (QED) is 0.873. The first-order valence-corrected chi connectivity index (χ1v) is 7.09. The van der Waals surface area contributed by atoms with Gasteiger partial charge < -0.3 is 19.9 Å². The van der Waals surface area contributed by atoms with Gasteiger partial charge in [-0.25, -0.2) is 0 Å². The molecule has 108 valence electrons. The van der Waals surface area contributed by atoms with Crippen molar-refractivity contribution in [3.8, 4) is 11.5 Å². The lowest BCUT2D eigenvalue weighted by molar-refractivity contribution is -0.122. The molecule has 1 amide bonds. The van der Waals surface area contributed by atoms with Gasteiger partial charge in [-0.3, -0.25) is 4.79 Å². The molecule has 1 aliphatic heterocycles. The molecule has 1 unspecified atom stereocenters. The first-order valence-electron chi connectivity index (χ1n) is 7.09. The zero-order valence-corrected chi connectivity index (χ0v) is 11.3. The van der Waals surface area contributed by atoms with Crippen molar-refractivity contribution in [2.24, 2.45) is 5.92 Å². The first-order chi connectivity index (χ1) is 9.74. The smallest absolute Gasteiger partial charge is 0.223 e. The summed E-state index contributed by atoms with van der Waals surface area (Å²) >= 11 is 0. The van der Waals surface area contributed by atoms with Gasteiger partial charge in [0.15, 0.2) is 11.5 Å². The second kappa shape index (κ2) is 5.71. The average Bonchev–Trinajstić information content (AvgIpc) is 3.29. The number of aliphatic hydroxyl groups is 1. The molecule has 1 heterocycles. The van der Waals surface area contributed by atoms with Crippen LogP contribution < -0.4 is 14.8 Å². The van der Waals surface area contributed by atoms with E-state index in [9.17, 15) is 9.90 Å². The largest absolute Gasteiger partial charge is 0.490 e. The van der Waals surface area contributed by atoms with Gasteiger partial charge in [-0.1, -0.05) is 6.07 Å². The standard InChI is InChI=1S/C15H19NO4/c17-12(9-16-15(18)10-2-3-10)11-4-5-13-14(8-11)20-7-1-6-19-13/h4-5,8,10,12,17H,1-3,6-7,9H2,(H,16,18). The van der Waals surface area contributed by atoms with Gasteiger partial charge in [-0.05, 0) is 30.5 Å². The minimum Gasteiger partial charge on any atom is -0.490 e. The van der Waals surface area contributed by atoms with E-state index in [2.05, 4.69) is 5.32 Å². The van der Waals surface area contributed by atoms with E-state index in [1.807, 2.05) is 12.1 Å². The van der Waals surface area contributed by atoms with E-state index in [0.717, 1.165) is 24.8 Å².